The summed E-state index contributed by atoms with van der Waals surface area (Å²) in [6.07, 6.45) is 1.76. The second-order valence-corrected chi connectivity index (χ2v) is 5.64. The van der Waals surface area contributed by atoms with Crippen LogP contribution in [0.1, 0.15) is 16.1 Å². The molecule has 2 aromatic heterocycles. The van der Waals surface area contributed by atoms with E-state index >= 15 is 0 Å². The summed E-state index contributed by atoms with van der Waals surface area (Å²) in [5.74, 6) is -0.151. The van der Waals surface area contributed by atoms with Crippen LogP contribution >= 0.6 is 0 Å². The molecular formula is C19H15N3O. The van der Waals surface area contributed by atoms with Crippen molar-refractivity contribution in [2.45, 2.75) is 6.92 Å². The summed E-state index contributed by atoms with van der Waals surface area (Å²) in [5.41, 5.74) is 4.35. The van der Waals surface area contributed by atoms with Crippen molar-refractivity contribution in [1.82, 2.24) is 9.97 Å². The highest BCUT2D eigenvalue weighted by molar-refractivity contribution is 6.06. The molecule has 4 rings (SSSR count). The number of aryl methyl sites for hydroxylation is 1. The zero-order valence-electron chi connectivity index (χ0n) is 12.6. The minimum atomic E-state index is -0.151. The molecule has 1 amide bonds. The van der Waals surface area contributed by atoms with E-state index in [9.17, 15) is 4.79 Å². The highest BCUT2D eigenvalue weighted by atomic mass is 16.1. The van der Waals surface area contributed by atoms with E-state index in [0.29, 0.717) is 5.69 Å². The zero-order valence-corrected chi connectivity index (χ0v) is 12.6. The van der Waals surface area contributed by atoms with Gasteiger partial charge in [-0.1, -0.05) is 18.2 Å². The molecule has 2 aromatic carbocycles. The molecule has 2 N–H and O–H groups in total. The Morgan fingerprint density at radius 3 is 2.87 bits per heavy atom. The van der Waals surface area contributed by atoms with Crippen molar-refractivity contribution in [1.29, 1.82) is 0 Å². The van der Waals surface area contributed by atoms with Crippen molar-refractivity contribution >= 4 is 33.4 Å². The Bertz CT molecular complexity index is 1030. The summed E-state index contributed by atoms with van der Waals surface area (Å²) in [7, 11) is 0. The number of H-pyrrole nitrogens is 1. The molecule has 0 spiro atoms. The van der Waals surface area contributed by atoms with Gasteiger partial charge < -0.3 is 10.3 Å². The van der Waals surface area contributed by atoms with Crippen molar-refractivity contribution in [2.24, 2.45) is 0 Å². The number of anilines is 1. The Morgan fingerprint density at radius 2 is 1.96 bits per heavy atom. The smallest absolute Gasteiger partial charge is 0.272 e. The fourth-order valence-corrected chi connectivity index (χ4v) is 2.72. The molecule has 23 heavy (non-hydrogen) atoms. The Hall–Kier alpha value is -3.14. The van der Waals surface area contributed by atoms with Crippen LogP contribution in [0.5, 0.6) is 0 Å². The van der Waals surface area contributed by atoms with E-state index in [2.05, 4.69) is 15.3 Å². The van der Waals surface area contributed by atoms with Gasteiger partial charge in [0.1, 0.15) is 5.69 Å². The molecule has 0 fully saturated rings. The van der Waals surface area contributed by atoms with E-state index in [1.165, 1.54) is 0 Å². The molecule has 0 radical (unpaired) electrons. The summed E-state index contributed by atoms with van der Waals surface area (Å²) < 4.78 is 0. The van der Waals surface area contributed by atoms with Crippen molar-refractivity contribution in [3.8, 4) is 0 Å². The van der Waals surface area contributed by atoms with Gasteiger partial charge in [0.25, 0.3) is 5.91 Å². The van der Waals surface area contributed by atoms with Gasteiger partial charge in [0.15, 0.2) is 0 Å². The normalized spacial score (nSPS) is 11.0. The van der Waals surface area contributed by atoms with E-state index in [0.717, 1.165) is 33.1 Å². The summed E-state index contributed by atoms with van der Waals surface area (Å²) in [5, 5.41) is 4.96. The maximum absolute atomic E-state index is 12.4. The summed E-state index contributed by atoms with van der Waals surface area (Å²) in [6, 6.07) is 17.5. The molecule has 2 heterocycles. The number of pyridine rings is 1. The van der Waals surface area contributed by atoms with Crippen LogP contribution in [0.3, 0.4) is 0 Å². The monoisotopic (exact) mass is 301 g/mol. The van der Waals surface area contributed by atoms with Crippen molar-refractivity contribution in [3.05, 3.63) is 72.1 Å². The van der Waals surface area contributed by atoms with E-state index in [-0.39, 0.29) is 5.91 Å². The number of carbonyl (C=O) groups is 1. The number of rotatable bonds is 2. The average Bonchev–Trinajstić information content (AvgIpc) is 2.98. The lowest BCUT2D eigenvalue weighted by molar-refractivity contribution is 0.102. The Labute approximate surface area is 133 Å². The Balaban J connectivity index is 1.64. The Kier molecular flexibility index (Phi) is 3.08. The summed E-state index contributed by atoms with van der Waals surface area (Å²) in [4.78, 5) is 19.9. The van der Waals surface area contributed by atoms with Gasteiger partial charge in [0, 0.05) is 28.2 Å². The maximum Gasteiger partial charge on any atom is 0.272 e. The number of hydrogen-bond acceptors (Lipinski definition) is 2. The largest absolute Gasteiger partial charge is 0.351 e. The van der Waals surface area contributed by atoms with Crippen LogP contribution in [0.15, 0.2) is 60.8 Å². The standard InChI is InChI=1S/C19H15N3O/c1-12-4-5-14-11-18(22-17(14)9-12)19(23)21-15-6-7-16-13(10-15)3-2-8-20-16/h2-11,22H,1H3,(H,21,23). The predicted octanol–water partition coefficient (Wildman–Crippen LogP) is 4.28. The molecule has 0 aliphatic carbocycles. The van der Waals surface area contributed by atoms with Gasteiger partial charge in [0.05, 0.1) is 5.52 Å². The van der Waals surface area contributed by atoms with Gasteiger partial charge >= 0.3 is 0 Å². The number of fused-ring (bicyclic) bond motifs is 2. The number of benzene rings is 2. The van der Waals surface area contributed by atoms with Crippen LogP contribution < -0.4 is 5.32 Å². The number of aromatic amines is 1. The first-order valence-electron chi connectivity index (χ1n) is 7.44. The van der Waals surface area contributed by atoms with Crippen molar-refractivity contribution < 1.29 is 4.79 Å². The van der Waals surface area contributed by atoms with E-state index < -0.39 is 0 Å². The van der Waals surface area contributed by atoms with Crippen molar-refractivity contribution in [3.63, 3.8) is 0 Å². The van der Waals surface area contributed by atoms with Crippen LogP contribution in [0.2, 0.25) is 0 Å². The number of carbonyl (C=O) groups excluding carboxylic acids is 1. The van der Waals surface area contributed by atoms with E-state index in [4.69, 9.17) is 0 Å². The molecule has 0 atom stereocenters. The molecule has 4 heteroatoms. The van der Waals surface area contributed by atoms with Crippen LogP contribution in [0, 0.1) is 6.92 Å². The quantitative estimate of drug-likeness (QED) is 0.580. The zero-order chi connectivity index (χ0) is 15.8. The minimum absolute atomic E-state index is 0.151. The number of hydrogen-bond donors (Lipinski definition) is 2. The van der Waals surface area contributed by atoms with Gasteiger partial charge in [0.2, 0.25) is 0 Å². The summed E-state index contributed by atoms with van der Waals surface area (Å²) >= 11 is 0. The second-order valence-electron chi connectivity index (χ2n) is 5.64. The number of nitrogens with one attached hydrogen (secondary N) is 2. The molecule has 0 saturated heterocycles. The number of aromatic nitrogens is 2. The Morgan fingerprint density at radius 1 is 1.04 bits per heavy atom. The molecule has 4 aromatic rings. The third-order valence-electron chi connectivity index (χ3n) is 3.88. The molecule has 0 saturated carbocycles. The third kappa shape index (κ3) is 2.55. The lowest BCUT2D eigenvalue weighted by Crippen LogP contribution is -2.12. The average molecular weight is 301 g/mol. The van der Waals surface area contributed by atoms with Gasteiger partial charge in [-0.05, 0) is 48.9 Å². The van der Waals surface area contributed by atoms with Gasteiger partial charge in [-0.25, -0.2) is 0 Å². The second kappa shape index (κ2) is 5.25. The van der Waals surface area contributed by atoms with Gasteiger partial charge in [-0.15, -0.1) is 0 Å². The number of amides is 1. The fourth-order valence-electron chi connectivity index (χ4n) is 2.72. The lowest BCUT2D eigenvalue weighted by atomic mass is 10.2. The van der Waals surface area contributed by atoms with Crippen molar-refractivity contribution in [2.75, 3.05) is 5.32 Å². The molecule has 0 aliphatic rings. The molecule has 4 nitrogen and oxygen atoms in total. The predicted molar refractivity (Wildman–Crippen MR) is 92.7 cm³/mol. The van der Waals surface area contributed by atoms with Crippen LogP contribution in [0.25, 0.3) is 21.8 Å². The lowest BCUT2D eigenvalue weighted by Gasteiger charge is -2.05. The van der Waals surface area contributed by atoms with Crippen LogP contribution in [-0.4, -0.2) is 15.9 Å². The van der Waals surface area contributed by atoms with Gasteiger partial charge in [-0.2, -0.15) is 0 Å². The molecule has 0 bridgehead atoms. The topological polar surface area (TPSA) is 57.8 Å². The van der Waals surface area contributed by atoms with Crippen LogP contribution in [0.4, 0.5) is 5.69 Å². The van der Waals surface area contributed by atoms with Gasteiger partial charge in [-0.3, -0.25) is 9.78 Å². The minimum Gasteiger partial charge on any atom is -0.351 e. The van der Waals surface area contributed by atoms with E-state index in [1.807, 2.05) is 61.5 Å². The number of nitrogens with zero attached hydrogens (tertiary/aromatic N) is 1. The molecule has 0 aliphatic heterocycles. The summed E-state index contributed by atoms with van der Waals surface area (Å²) in [6.45, 7) is 2.03. The van der Waals surface area contributed by atoms with E-state index in [1.54, 1.807) is 6.20 Å². The molecule has 112 valence electrons. The highest BCUT2D eigenvalue weighted by Gasteiger charge is 2.10. The first kappa shape index (κ1) is 13.5. The molecule has 0 unspecified atom stereocenters. The molecular weight excluding hydrogens is 286 g/mol. The SMILES string of the molecule is Cc1ccc2cc(C(=O)Nc3ccc4ncccc4c3)[nH]c2c1. The maximum atomic E-state index is 12.4. The van der Waals surface area contributed by atoms with Crippen LogP contribution in [-0.2, 0) is 0 Å². The highest BCUT2D eigenvalue weighted by Crippen LogP contribution is 2.20. The first-order valence-corrected chi connectivity index (χ1v) is 7.44. The first-order chi connectivity index (χ1) is 11.2. The fraction of sp³-hybridized carbons (Fsp3) is 0.0526. The third-order valence-corrected chi connectivity index (χ3v) is 3.88.